The molecular weight excluding hydrogens is 580 g/mol. The van der Waals surface area contributed by atoms with Crippen LogP contribution in [0.5, 0.6) is 34.5 Å². The zero-order valence-corrected chi connectivity index (χ0v) is 22.6. The molecule has 0 spiro atoms. The van der Waals surface area contributed by atoms with Gasteiger partial charge in [0.25, 0.3) is 0 Å². The van der Waals surface area contributed by atoms with Gasteiger partial charge < -0.3 is 74.1 Å². The second-order valence-electron chi connectivity index (χ2n) is 10.1. The number of hydrogen-bond donors (Lipinski definition) is 9. The molecule has 2 aliphatic rings. The number of methoxy groups -OCH3 is 1. The van der Waals surface area contributed by atoms with Gasteiger partial charge in [-0.15, -0.1) is 0 Å². The van der Waals surface area contributed by atoms with Crippen LogP contribution in [0, 0.1) is 0 Å². The number of phenolic OH excluding ortho intramolecular Hbond substituents is 3. The van der Waals surface area contributed by atoms with E-state index >= 15 is 0 Å². The molecule has 234 valence electrons. The lowest BCUT2D eigenvalue weighted by atomic mass is 10.00. The van der Waals surface area contributed by atoms with Gasteiger partial charge in [0.15, 0.2) is 17.3 Å². The minimum atomic E-state index is -1.73. The van der Waals surface area contributed by atoms with Gasteiger partial charge in [0.2, 0.25) is 29.5 Å². The van der Waals surface area contributed by atoms with Crippen molar-refractivity contribution in [1.29, 1.82) is 0 Å². The highest BCUT2D eigenvalue weighted by atomic mass is 16.7. The van der Waals surface area contributed by atoms with Crippen LogP contribution in [0.15, 0.2) is 33.5 Å². The number of rotatable bonds is 6. The second kappa shape index (κ2) is 11.7. The fourth-order valence-electron chi connectivity index (χ4n) is 4.77. The molecule has 9 N–H and O–H groups in total. The Kier molecular flexibility index (Phi) is 8.30. The highest BCUT2D eigenvalue weighted by Gasteiger charge is 2.43. The van der Waals surface area contributed by atoms with E-state index in [0.717, 1.165) is 25.3 Å². The summed E-state index contributed by atoms with van der Waals surface area (Å²) in [6.45, 7) is 1.04. The highest BCUT2D eigenvalue weighted by Crippen LogP contribution is 2.44. The van der Waals surface area contributed by atoms with Crippen molar-refractivity contribution >= 4 is 11.0 Å². The first kappa shape index (κ1) is 30.6. The SMILES string of the molecule is COc1c(-c2cc(O)c(O)c(O[C@@H]3OC[C@@H](O)C(O)C3O)c2)oc2cc(O[C@@H]3OC(C)[C@H](O)[C@H](O)C3O)cc(O)c2c1=O. The third kappa shape index (κ3) is 5.50. The molecule has 16 nitrogen and oxygen atoms in total. The molecule has 4 unspecified atom stereocenters. The highest BCUT2D eigenvalue weighted by molar-refractivity contribution is 5.88. The van der Waals surface area contributed by atoms with E-state index < -0.39 is 96.1 Å². The van der Waals surface area contributed by atoms with Crippen molar-refractivity contribution in [2.75, 3.05) is 13.7 Å². The molecule has 0 radical (unpaired) electrons. The summed E-state index contributed by atoms with van der Waals surface area (Å²) in [4.78, 5) is 13.4. The quantitative estimate of drug-likeness (QED) is 0.146. The molecule has 0 saturated carbocycles. The molecule has 3 heterocycles. The Morgan fingerprint density at radius 1 is 0.814 bits per heavy atom. The van der Waals surface area contributed by atoms with Gasteiger partial charge in [-0.05, 0) is 19.1 Å². The largest absolute Gasteiger partial charge is 0.507 e. The number of fused-ring (bicyclic) bond motifs is 1. The smallest absolute Gasteiger partial charge is 0.239 e. The van der Waals surface area contributed by atoms with Crippen LogP contribution in [0.2, 0.25) is 0 Å². The van der Waals surface area contributed by atoms with E-state index in [9.17, 15) is 50.8 Å². The summed E-state index contributed by atoms with van der Waals surface area (Å²) in [5, 5.41) is 91.3. The third-order valence-corrected chi connectivity index (χ3v) is 7.19. The maximum atomic E-state index is 13.4. The Balaban J connectivity index is 1.55. The molecule has 3 aromatic rings. The maximum absolute atomic E-state index is 13.4. The Morgan fingerprint density at radius 3 is 2.21 bits per heavy atom. The first-order valence-corrected chi connectivity index (χ1v) is 12.9. The number of hydrogen-bond acceptors (Lipinski definition) is 16. The van der Waals surface area contributed by atoms with Crippen molar-refractivity contribution in [2.45, 2.75) is 62.2 Å². The van der Waals surface area contributed by atoms with E-state index in [2.05, 4.69) is 0 Å². The second-order valence-corrected chi connectivity index (χ2v) is 10.1. The topological polar surface area (TPSA) is 258 Å². The van der Waals surface area contributed by atoms with Crippen LogP contribution in [-0.2, 0) is 9.47 Å². The van der Waals surface area contributed by atoms with Gasteiger partial charge in [-0.2, -0.15) is 0 Å². The van der Waals surface area contributed by atoms with E-state index in [1.165, 1.54) is 13.0 Å². The number of aliphatic hydroxyl groups excluding tert-OH is 6. The van der Waals surface area contributed by atoms with Crippen molar-refractivity contribution in [1.82, 2.24) is 0 Å². The Labute approximate surface area is 241 Å². The number of phenols is 3. The van der Waals surface area contributed by atoms with Gasteiger partial charge in [0, 0.05) is 17.7 Å². The van der Waals surface area contributed by atoms with Gasteiger partial charge >= 0.3 is 0 Å². The fraction of sp³-hybridized carbons (Fsp3) is 0.444. The zero-order valence-electron chi connectivity index (χ0n) is 22.6. The van der Waals surface area contributed by atoms with E-state index in [0.29, 0.717) is 0 Å². The number of aliphatic hydroxyl groups is 6. The van der Waals surface area contributed by atoms with Crippen LogP contribution in [0.25, 0.3) is 22.3 Å². The Morgan fingerprint density at radius 2 is 1.51 bits per heavy atom. The summed E-state index contributed by atoms with van der Waals surface area (Å²) in [5.41, 5.74) is -1.19. The fourth-order valence-corrected chi connectivity index (χ4v) is 4.77. The van der Waals surface area contributed by atoms with Gasteiger partial charge in [-0.3, -0.25) is 4.79 Å². The van der Waals surface area contributed by atoms with Crippen LogP contribution < -0.4 is 19.6 Å². The van der Waals surface area contributed by atoms with Gasteiger partial charge in [-0.1, -0.05) is 0 Å². The standard InChI is InChI=1S/C27H30O16/c1-8-17(31)21(35)23(37)27(40-8)41-10-5-11(28)16-14(6-10)42-24(25(38-2)20(16)34)9-3-12(29)18(32)15(4-9)43-26-22(36)19(33)13(30)7-39-26/h3-6,8,13,17,19,21-23,26-33,35-37H,7H2,1-2H3/t8?,13-,17+,19?,21+,22?,23?,26+,27+/m1/s1. The predicted molar refractivity (Wildman–Crippen MR) is 141 cm³/mol. The van der Waals surface area contributed by atoms with E-state index in [-0.39, 0.29) is 28.0 Å². The Bertz CT molecular complexity index is 1550. The molecule has 2 aliphatic heterocycles. The lowest BCUT2D eigenvalue weighted by molar-refractivity contribution is -0.268. The first-order valence-electron chi connectivity index (χ1n) is 12.9. The molecule has 43 heavy (non-hydrogen) atoms. The van der Waals surface area contributed by atoms with Crippen molar-refractivity contribution < 1.29 is 74.1 Å². The summed E-state index contributed by atoms with van der Waals surface area (Å²) in [6, 6.07) is 4.33. The average Bonchev–Trinajstić information content (AvgIpc) is 2.96. The predicted octanol–water partition coefficient (Wildman–Crippen LogP) is -1.39. The van der Waals surface area contributed by atoms with Gasteiger partial charge in [0.05, 0.1) is 19.8 Å². The molecular formula is C27H30O16. The van der Waals surface area contributed by atoms with Crippen LogP contribution in [0.3, 0.4) is 0 Å². The van der Waals surface area contributed by atoms with Crippen LogP contribution in [-0.4, -0.2) is 115 Å². The van der Waals surface area contributed by atoms with E-state index in [1.54, 1.807) is 0 Å². The summed E-state index contributed by atoms with van der Waals surface area (Å²) in [5.74, 6) is -3.50. The molecule has 1 aromatic heterocycles. The average molecular weight is 611 g/mol. The molecule has 2 saturated heterocycles. The summed E-state index contributed by atoms with van der Waals surface area (Å²) in [7, 11) is 1.15. The molecule has 0 aliphatic carbocycles. The summed E-state index contributed by atoms with van der Waals surface area (Å²) >= 11 is 0. The molecule has 2 fully saturated rings. The molecule has 2 aromatic carbocycles. The Hall–Kier alpha value is -3.87. The van der Waals surface area contributed by atoms with Crippen molar-refractivity contribution in [3.8, 4) is 45.8 Å². The molecule has 9 atom stereocenters. The van der Waals surface area contributed by atoms with E-state index in [1.807, 2.05) is 0 Å². The first-order chi connectivity index (χ1) is 20.3. The maximum Gasteiger partial charge on any atom is 0.239 e. The lowest BCUT2D eigenvalue weighted by Gasteiger charge is -2.38. The monoisotopic (exact) mass is 610 g/mol. The normalized spacial score (nSPS) is 31.1. The number of benzene rings is 2. The number of ether oxygens (including phenoxy) is 5. The van der Waals surface area contributed by atoms with Crippen molar-refractivity contribution in [3.05, 3.63) is 34.5 Å². The summed E-state index contributed by atoms with van der Waals surface area (Å²) < 4.78 is 32.8. The number of aromatic hydroxyl groups is 3. The summed E-state index contributed by atoms with van der Waals surface area (Å²) in [6.07, 6.45) is -13.4. The lowest BCUT2D eigenvalue weighted by Crippen LogP contribution is -2.58. The van der Waals surface area contributed by atoms with Gasteiger partial charge in [0.1, 0.15) is 59.1 Å². The van der Waals surface area contributed by atoms with E-state index in [4.69, 9.17) is 28.1 Å². The van der Waals surface area contributed by atoms with Crippen molar-refractivity contribution in [2.24, 2.45) is 0 Å². The van der Waals surface area contributed by atoms with Crippen LogP contribution in [0.1, 0.15) is 6.92 Å². The minimum Gasteiger partial charge on any atom is -0.507 e. The van der Waals surface area contributed by atoms with Crippen LogP contribution >= 0.6 is 0 Å². The molecule has 16 heteroatoms. The third-order valence-electron chi connectivity index (χ3n) is 7.19. The van der Waals surface area contributed by atoms with Crippen LogP contribution in [0.4, 0.5) is 0 Å². The molecule has 5 rings (SSSR count). The minimum absolute atomic E-state index is 0.0881. The zero-order chi connectivity index (χ0) is 31.3. The van der Waals surface area contributed by atoms with Crippen molar-refractivity contribution in [3.63, 3.8) is 0 Å². The molecule has 0 bridgehead atoms. The van der Waals surface area contributed by atoms with Gasteiger partial charge in [-0.25, -0.2) is 0 Å². The molecule has 0 amide bonds.